The van der Waals surface area contributed by atoms with Gasteiger partial charge in [0.05, 0.1) is 25.3 Å². The van der Waals surface area contributed by atoms with Crippen LogP contribution in [0.4, 0.5) is 5.69 Å². The van der Waals surface area contributed by atoms with E-state index in [0.717, 1.165) is 32.0 Å². The molecule has 0 saturated heterocycles. The summed E-state index contributed by atoms with van der Waals surface area (Å²) in [4.78, 5) is 74.6. The highest BCUT2D eigenvalue weighted by atomic mass is 35.5. The average molecular weight is 644 g/mol. The van der Waals surface area contributed by atoms with Gasteiger partial charge in [-0.15, -0.1) is 0 Å². The second kappa shape index (κ2) is 15.2. The number of carbonyl (C=O) groups is 6. The van der Waals surface area contributed by atoms with Crippen LogP contribution >= 0.6 is 11.6 Å². The molecule has 15 heteroatoms. The maximum atomic E-state index is 13.3. The molecule has 45 heavy (non-hydrogen) atoms. The number of anilines is 1. The Labute approximate surface area is 260 Å². The lowest BCUT2D eigenvalue weighted by atomic mass is 10.1. The van der Waals surface area contributed by atoms with E-state index in [1.807, 2.05) is 0 Å². The molecule has 3 aromatic rings. The van der Waals surface area contributed by atoms with Crippen LogP contribution < -0.4 is 24.3 Å². The van der Waals surface area contributed by atoms with Crippen LogP contribution in [0.5, 0.6) is 23.0 Å². The van der Waals surface area contributed by atoms with E-state index in [1.165, 1.54) is 56.7 Å². The second-order valence-corrected chi connectivity index (χ2v) is 9.34. The van der Waals surface area contributed by atoms with E-state index in [1.54, 1.807) is 0 Å². The van der Waals surface area contributed by atoms with Gasteiger partial charge < -0.3 is 38.8 Å². The Bertz CT molecular complexity index is 1620. The highest BCUT2D eigenvalue weighted by molar-refractivity contribution is 6.30. The molecule has 0 saturated carbocycles. The van der Waals surface area contributed by atoms with Crippen LogP contribution in [0, 0.1) is 0 Å². The number of hydrogen-bond donors (Lipinski definition) is 2. The molecule has 0 fully saturated rings. The van der Waals surface area contributed by atoms with Gasteiger partial charge in [-0.1, -0.05) is 11.6 Å². The molecule has 0 spiro atoms. The molecule has 1 amide bonds. The maximum Gasteiger partial charge on any atom is 0.349 e. The first-order chi connectivity index (χ1) is 21.3. The van der Waals surface area contributed by atoms with Gasteiger partial charge in [-0.05, 0) is 60.7 Å². The van der Waals surface area contributed by atoms with Crippen LogP contribution in [0.1, 0.15) is 34.6 Å². The summed E-state index contributed by atoms with van der Waals surface area (Å²) in [5.74, 6) is -6.94. The first-order valence-electron chi connectivity index (χ1n) is 12.8. The monoisotopic (exact) mass is 643 g/mol. The molecule has 2 N–H and O–H groups in total. The molecule has 0 unspecified atom stereocenters. The number of esters is 4. The Morgan fingerprint density at radius 3 is 1.51 bits per heavy atom. The fraction of sp³-hybridized carbons (Fsp3) is 0.200. The van der Waals surface area contributed by atoms with Crippen molar-refractivity contribution in [2.45, 2.75) is 26.1 Å². The van der Waals surface area contributed by atoms with Crippen LogP contribution in [0.3, 0.4) is 0 Å². The molecular formula is C30H26ClNO13. The van der Waals surface area contributed by atoms with Crippen LogP contribution in [-0.4, -0.2) is 67.3 Å². The normalized spacial score (nSPS) is 11.7. The number of nitrogens with one attached hydrogen (secondary N) is 1. The van der Waals surface area contributed by atoms with Crippen LogP contribution in [0.2, 0.25) is 5.02 Å². The van der Waals surface area contributed by atoms with E-state index < -0.39 is 48.0 Å². The molecule has 0 aliphatic rings. The van der Waals surface area contributed by atoms with Crippen molar-refractivity contribution in [3.05, 3.63) is 76.8 Å². The molecular weight excluding hydrogens is 618 g/mol. The van der Waals surface area contributed by atoms with E-state index >= 15 is 0 Å². The topological polar surface area (TPSA) is 190 Å². The summed E-state index contributed by atoms with van der Waals surface area (Å²) in [6, 6.07) is 12.7. The number of carboxylic acids is 1. The quantitative estimate of drug-likeness (QED) is 0.215. The molecule has 2 atom stereocenters. The standard InChI is InChI=1S/C30H26ClNO13/c1-15(33)42-21-11-5-17(13-23(21)40-3)29(38)44-25(27(35)32-20-9-7-19(31)8-10-20)26(28(36)37)45-30(39)18-6-12-22(43-16(2)34)24(14-18)41-4/h5-14,25-26H,1-4H3,(H,32,35)(H,36,37)/t25-,26+/m1/s1. The lowest BCUT2D eigenvalue weighted by Gasteiger charge is -2.24. The fourth-order valence-corrected chi connectivity index (χ4v) is 3.80. The number of methoxy groups -OCH3 is 2. The first kappa shape index (κ1) is 33.9. The summed E-state index contributed by atoms with van der Waals surface area (Å²) < 4.78 is 30.7. The summed E-state index contributed by atoms with van der Waals surface area (Å²) in [6.45, 7) is 2.31. The molecule has 0 radical (unpaired) electrons. The Balaban J connectivity index is 1.96. The van der Waals surface area contributed by atoms with Gasteiger partial charge in [0.2, 0.25) is 12.2 Å². The molecule has 0 aliphatic carbocycles. The van der Waals surface area contributed by atoms with Crippen molar-refractivity contribution in [1.82, 2.24) is 0 Å². The van der Waals surface area contributed by atoms with Crippen molar-refractivity contribution in [3.8, 4) is 23.0 Å². The molecule has 0 aliphatic heterocycles. The average Bonchev–Trinajstić information content (AvgIpc) is 2.99. The van der Waals surface area contributed by atoms with Gasteiger partial charge in [0.25, 0.3) is 5.91 Å². The molecule has 3 rings (SSSR count). The van der Waals surface area contributed by atoms with Gasteiger partial charge in [0.15, 0.2) is 23.0 Å². The Morgan fingerprint density at radius 1 is 0.667 bits per heavy atom. The number of hydrogen-bond acceptors (Lipinski definition) is 12. The van der Waals surface area contributed by atoms with Gasteiger partial charge in [-0.2, -0.15) is 0 Å². The van der Waals surface area contributed by atoms with Crippen molar-refractivity contribution >= 4 is 53.0 Å². The maximum absolute atomic E-state index is 13.3. The number of aliphatic carboxylic acids is 1. The van der Waals surface area contributed by atoms with E-state index in [2.05, 4.69) is 5.32 Å². The summed E-state index contributed by atoms with van der Waals surface area (Å²) >= 11 is 5.89. The lowest BCUT2D eigenvalue weighted by Crippen LogP contribution is -2.48. The van der Waals surface area contributed by atoms with E-state index in [4.69, 9.17) is 40.0 Å². The zero-order valence-electron chi connectivity index (χ0n) is 24.2. The van der Waals surface area contributed by atoms with Crippen molar-refractivity contribution in [1.29, 1.82) is 0 Å². The number of halogens is 1. The van der Waals surface area contributed by atoms with Crippen molar-refractivity contribution in [2.75, 3.05) is 19.5 Å². The first-order valence-corrected chi connectivity index (χ1v) is 13.1. The molecule has 0 bridgehead atoms. The number of carboxylic acid groups (broad SMARTS) is 1. The zero-order valence-corrected chi connectivity index (χ0v) is 24.9. The van der Waals surface area contributed by atoms with Gasteiger partial charge in [-0.25, -0.2) is 14.4 Å². The van der Waals surface area contributed by atoms with Crippen molar-refractivity contribution in [2.24, 2.45) is 0 Å². The third-order valence-corrected chi connectivity index (χ3v) is 5.91. The van der Waals surface area contributed by atoms with Gasteiger partial charge in [0.1, 0.15) is 0 Å². The van der Waals surface area contributed by atoms with Gasteiger partial charge in [-0.3, -0.25) is 14.4 Å². The fourth-order valence-electron chi connectivity index (χ4n) is 3.68. The third kappa shape index (κ3) is 9.18. The highest BCUT2D eigenvalue weighted by Gasteiger charge is 2.41. The van der Waals surface area contributed by atoms with Gasteiger partial charge in [0, 0.05) is 24.6 Å². The van der Waals surface area contributed by atoms with Crippen LogP contribution in [0.15, 0.2) is 60.7 Å². The minimum absolute atomic E-state index is 0.0222. The summed E-state index contributed by atoms with van der Waals surface area (Å²) in [7, 11) is 2.48. The number of carbonyl (C=O) groups excluding carboxylic acids is 5. The lowest BCUT2D eigenvalue weighted by molar-refractivity contribution is -0.157. The Hall–Kier alpha value is -5.63. The number of benzene rings is 3. The molecule has 3 aromatic carbocycles. The molecule has 0 aromatic heterocycles. The zero-order chi connectivity index (χ0) is 33.3. The van der Waals surface area contributed by atoms with E-state index in [0.29, 0.717) is 5.02 Å². The predicted octanol–water partition coefficient (Wildman–Crippen LogP) is 3.68. The van der Waals surface area contributed by atoms with E-state index in [-0.39, 0.29) is 39.8 Å². The Kier molecular flexibility index (Phi) is 11.4. The second-order valence-electron chi connectivity index (χ2n) is 8.90. The van der Waals surface area contributed by atoms with E-state index in [9.17, 15) is 33.9 Å². The summed E-state index contributed by atoms with van der Waals surface area (Å²) in [5.41, 5.74) is -0.324. The molecule has 14 nitrogen and oxygen atoms in total. The Morgan fingerprint density at radius 2 is 1.11 bits per heavy atom. The number of rotatable bonds is 12. The van der Waals surface area contributed by atoms with Crippen molar-refractivity contribution in [3.63, 3.8) is 0 Å². The van der Waals surface area contributed by atoms with Gasteiger partial charge >= 0.3 is 29.8 Å². The predicted molar refractivity (Wildman–Crippen MR) is 155 cm³/mol. The number of amides is 1. The molecule has 0 heterocycles. The third-order valence-electron chi connectivity index (χ3n) is 5.66. The minimum atomic E-state index is -2.37. The summed E-state index contributed by atoms with van der Waals surface area (Å²) in [6.07, 6.45) is -4.61. The summed E-state index contributed by atoms with van der Waals surface area (Å²) in [5, 5.41) is 12.7. The van der Waals surface area contributed by atoms with Crippen molar-refractivity contribution < 1.29 is 62.3 Å². The SMILES string of the molecule is COc1cc(C(=O)O[C@H](C(=O)O)[C@@H](OC(=O)c2ccc(OC(C)=O)c(OC)c2)C(=O)Nc2ccc(Cl)cc2)ccc1OC(C)=O. The van der Waals surface area contributed by atoms with Crippen LogP contribution in [-0.2, 0) is 28.7 Å². The molecule has 236 valence electrons. The number of ether oxygens (including phenoxy) is 6. The van der Waals surface area contributed by atoms with Crippen LogP contribution in [0.25, 0.3) is 0 Å². The highest BCUT2D eigenvalue weighted by Crippen LogP contribution is 2.30. The largest absolute Gasteiger partial charge is 0.493 e. The minimum Gasteiger partial charge on any atom is -0.493 e. The smallest absolute Gasteiger partial charge is 0.349 e.